The Morgan fingerprint density at radius 2 is 1.52 bits per heavy atom. The molecule has 3 nitrogen and oxygen atoms in total. The molecule has 0 unspecified atom stereocenters. The first-order chi connectivity index (χ1) is 11.1. The molecule has 0 spiro atoms. The minimum Gasteiger partial charge on any atom is -0.380 e. The maximum Gasteiger partial charge on any atom is 0.115 e. The van der Waals surface area contributed by atoms with Crippen LogP contribution in [0.25, 0.3) is 0 Å². The highest BCUT2D eigenvalue weighted by atomic mass is 16.3. The molecule has 1 aromatic heterocycles. The molecule has 0 saturated heterocycles. The van der Waals surface area contributed by atoms with Gasteiger partial charge in [0.05, 0.1) is 6.33 Å². The molecular weight excluding hydrogens is 284 g/mol. The zero-order chi connectivity index (χ0) is 16.3. The molecule has 0 aliphatic rings. The van der Waals surface area contributed by atoms with Crippen molar-refractivity contribution in [3.8, 4) is 0 Å². The molecule has 0 aliphatic heterocycles. The molecule has 0 radical (unpaired) electrons. The number of nitrogens with zero attached hydrogens (tertiary/aromatic N) is 1. The minimum absolute atomic E-state index is 0.602. The van der Waals surface area contributed by atoms with Gasteiger partial charge in [0, 0.05) is 11.9 Å². The average Bonchev–Trinajstić information content (AvgIpc) is 3.07. The van der Waals surface area contributed by atoms with Gasteiger partial charge >= 0.3 is 0 Å². The van der Waals surface area contributed by atoms with Crippen molar-refractivity contribution < 1.29 is 5.11 Å². The van der Waals surface area contributed by atoms with Crippen LogP contribution in [0.3, 0.4) is 0 Å². The van der Waals surface area contributed by atoms with E-state index in [2.05, 4.69) is 35.9 Å². The zero-order valence-corrected chi connectivity index (χ0v) is 13.6. The molecule has 2 N–H and O–H groups in total. The van der Waals surface area contributed by atoms with Crippen LogP contribution in [0, 0.1) is 13.8 Å². The SMILES string of the molecule is Cc1ccccc1C(O)(CCc1cnc[nH]1)c1ccccc1C. The van der Waals surface area contributed by atoms with Crippen molar-refractivity contribution in [2.75, 3.05) is 0 Å². The minimum atomic E-state index is -1.01. The molecule has 1 heterocycles. The van der Waals surface area contributed by atoms with E-state index in [4.69, 9.17) is 0 Å². The molecule has 3 heteroatoms. The standard InChI is InChI=1S/C20H22N2O/c1-15-7-3-5-9-18(15)20(23,12-11-17-13-21-14-22-17)19-10-6-4-8-16(19)2/h3-10,13-14,23H,11-12H2,1-2H3,(H,21,22). The van der Waals surface area contributed by atoms with Crippen molar-refractivity contribution in [2.24, 2.45) is 0 Å². The van der Waals surface area contributed by atoms with Crippen LogP contribution in [0.1, 0.15) is 34.4 Å². The molecule has 23 heavy (non-hydrogen) atoms. The highest BCUT2D eigenvalue weighted by Crippen LogP contribution is 2.37. The Bertz CT molecular complexity index is 732. The number of aromatic nitrogens is 2. The van der Waals surface area contributed by atoms with Crippen LogP contribution < -0.4 is 0 Å². The Morgan fingerprint density at radius 3 is 2.00 bits per heavy atom. The van der Waals surface area contributed by atoms with E-state index in [0.717, 1.165) is 34.4 Å². The number of imidazole rings is 1. The van der Waals surface area contributed by atoms with Gasteiger partial charge in [-0.1, -0.05) is 48.5 Å². The number of rotatable bonds is 5. The summed E-state index contributed by atoms with van der Waals surface area (Å²) in [5.41, 5.74) is 4.15. The molecule has 0 amide bonds. The van der Waals surface area contributed by atoms with E-state index < -0.39 is 5.60 Å². The van der Waals surface area contributed by atoms with Crippen LogP contribution in [0.15, 0.2) is 61.1 Å². The van der Waals surface area contributed by atoms with Gasteiger partial charge in [-0.15, -0.1) is 0 Å². The third-order valence-electron chi connectivity index (χ3n) is 4.49. The molecule has 0 aliphatic carbocycles. The molecular formula is C20H22N2O. The van der Waals surface area contributed by atoms with Crippen molar-refractivity contribution in [3.05, 3.63) is 89.0 Å². The summed E-state index contributed by atoms with van der Waals surface area (Å²) < 4.78 is 0. The molecule has 3 aromatic rings. The third-order valence-corrected chi connectivity index (χ3v) is 4.49. The lowest BCUT2D eigenvalue weighted by atomic mass is 9.78. The quantitative estimate of drug-likeness (QED) is 0.751. The van der Waals surface area contributed by atoms with Gasteiger partial charge in [0.25, 0.3) is 0 Å². The van der Waals surface area contributed by atoms with Gasteiger partial charge in [0.1, 0.15) is 5.60 Å². The van der Waals surface area contributed by atoms with Gasteiger partial charge in [-0.2, -0.15) is 0 Å². The zero-order valence-electron chi connectivity index (χ0n) is 13.6. The Labute approximate surface area is 137 Å². The second-order valence-corrected chi connectivity index (χ2v) is 6.07. The van der Waals surface area contributed by atoms with E-state index in [0.29, 0.717) is 6.42 Å². The molecule has 3 rings (SSSR count). The maximum absolute atomic E-state index is 11.7. The summed E-state index contributed by atoms with van der Waals surface area (Å²) in [4.78, 5) is 7.19. The summed E-state index contributed by atoms with van der Waals surface area (Å²) in [6, 6.07) is 16.1. The number of hydrogen-bond donors (Lipinski definition) is 2. The van der Waals surface area contributed by atoms with Gasteiger partial charge in [0.2, 0.25) is 0 Å². The lowest BCUT2D eigenvalue weighted by molar-refractivity contribution is 0.0698. The van der Waals surface area contributed by atoms with Crippen LogP contribution in [-0.4, -0.2) is 15.1 Å². The molecule has 118 valence electrons. The van der Waals surface area contributed by atoms with Crippen molar-refractivity contribution in [2.45, 2.75) is 32.3 Å². The van der Waals surface area contributed by atoms with Crippen molar-refractivity contribution in [1.82, 2.24) is 9.97 Å². The molecule has 0 bridgehead atoms. The average molecular weight is 306 g/mol. The van der Waals surface area contributed by atoms with Crippen LogP contribution >= 0.6 is 0 Å². The summed E-state index contributed by atoms with van der Waals surface area (Å²) in [5.74, 6) is 0. The number of nitrogens with one attached hydrogen (secondary N) is 1. The summed E-state index contributed by atoms with van der Waals surface area (Å²) in [6.07, 6.45) is 4.83. The largest absolute Gasteiger partial charge is 0.380 e. The van der Waals surface area contributed by atoms with Gasteiger partial charge in [-0.25, -0.2) is 4.98 Å². The first-order valence-corrected chi connectivity index (χ1v) is 7.93. The Balaban J connectivity index is 2.06. The predicted octanol–water partition coefficient (Wildman–Crippen LogP) is 3.90. The highest BCUT2D eigenvalue weighted by molar-refractivity contribution is 5.43. The number of benzene rings is 2. The molecule has 0 saturated carbocycles. The van der Waals surface area contributed by atoms with Crippen LogP contribution in [0.4, 0.5) is 0 Å². The van der Waals surface area contributed by atoms with Crippen molar-refractivity contribution in [1.29, 1.82) is 0 Å². The number of H-pyrrole nitrogens is 1. The Morgan fingerprint density at radius 1 is 0.957 bits per heavy atom. The summed E-state index contributed by atoms with van der Waals surface area (Å²) in [5, 5.41) is 11.7. The number of hydrogen-bond acceptors (Lipinski definition) is 2. The molecule has 0 fully saturated rings. The first kappa shape index (κ1) is 15.5. The number of aliphatic hydroxyl groups is 1. The molecule has 0 atom stereocenters. The lowest BCUT2D eigenvalue weighted by Gasteiger charge is -2.32. The third kappa shape index (κ3) is 3.06. The van der Waals surface area contributed by atoms with Crippen molar-refractivity contribution >= 4 is 0 Å². The lowest BCUT2D eigenvalue weighted by Crippen LogP contribution is -2.30. The van der Waals surface area contributed by atoms with E-state index in [1.807, 2.05) is 42.6 Å². The second-order valence-electron chi connectivity index (χ2n) is 6.07. The van der Waals surface area contributed by atoms with Crippen LogP contribution in [-0.2, 0) is 12.0 Å². The summed E-state index contributed by atoms with van der Waals surface area (Å²) in [7, 11) is 0. The Kier molecular flexibility index (Phi) is 4.30. The van der Waals surface area contributed by atoms with Gasteiger partial charge in [0.15, 0.2) is 0 Å². The normalized spacial score (nSPS) is 11.6. The predicted molar refractivity (Wildman–Crippen MR) is 92.3 cm³/mol. The summed E-state index contributed by atoms with van der Waals surface area (Å²) >= 11 is 0. The van der Waals surface area contributed by atoms with Crippen LogP contribution in [0.2, 0.25) is 0 Å². The Hall–Kier alpha value is -2.39. The fraction of sp³-hybridized carbons (Fsp3) is 0.250. The number of aryl methyl sites for hydroxylation is 3. The smallest absolute Gasteiger partial charge is 0.115 e. The summed E-state index contributed by atoms with van der Waals surface area (Å²) in [6.45, 7) is 4.10. The highest BCUT2D eigenvalue weighted by Gasteiger charge is 2.33. The van der Waals surface area contributed by atoms with E-state index >= 15 is 0 Å². The van der Waals surface area contributed by atoms with Crippen molar-refractivity contribution in [3.63, 3.8) is 0 Å². The molecule has 2 aromatic carbocycles. The number of aromatic amines is 1. The van der Waals surface area contributed by atoms with Crippen LogP contribution in [0.5, 0.6) is 0 Å². The fourth-order valence-electron chi connectivity index (χ4n) is 3.23. The maximum atomic E-state index is 11.7. The van der Waals surface area contributed by atoms with Gasteiger partial charge in [-0.05, 0) is 48.9 Å². The topological polar surface area (TPSA) is 48.9 Å². The van der Waals surface area contributed by atoms with E-state index in [1.54, 1.807) is 6.33 Å². The van der Waals surface area contributed by atoms with Gasteiger partial charge in [-0.3, -0.25) is 0 Å². The van der Waals surface area contributed by atoms with E-state index in [1.165, 1.54) is 0 Å². The van der Waals surface area contributed by atoms with E-state index in [9.17, 15) is 5.11 Å². The second kappa shape index (κ2) is 6.39. The monoisotopic (exact) mass is 306 g/mol. The van der Waals surface area contributed by atoms with Gasteiger partial charge < -0.3 is 10.1 Å². The first-order valence-electron chi connectivity index (χ1n) is 7.93. The fourth-order valence-corrected chi connectivity index (χ4v) is 3.23. The van der Waals surface area contributed by atoms with E-state index in [-0.39, 0.29) is 0 Å².